The third kappa shape index (κ3) is 5.28. The zero-order valence-electron chi connectivity index (χ0n) is 20.7. The summed E-state index contributed by atoms with van der Waals surface area (Å²) in [7, 11) is 0. The first-order chi connectivity index (χ1) is 16.4. The average molecular weight is 513 g/mol. The first-order valence-corrected chi connectivity index (χ1v) is 13.3. The van der Waals surface area contributed by atoms with E-state index < -0.39 is 11.6 Å². The molecule has 4 N–H and O–H groups in total. The highest BCUT2D eigenvalue weighted by Crippen LogP contribution is 2.45. The van der Waals surface area contributed by atoms with Crippen molar-refractivity contribution < 1.29 is 19.7 Å². The van der Waals surface area contributed by atoms with E-state index in [4.69, 9.17) is 10.5 Å². The van der Waals surface area contributed by atoms with E-state index in [0.717, 1.165) is 26.2 Å². The minimum Gasteiger partial charge on any atom is -0.511 e. The van der Waals surface area contributed by atoms with Crippen LogP contribution in [0.15, 0.2) is 52.0 Å². The van der Waals surface area contributed by atoms with Crippen molar-refractivity contribution in [2.24, 2.45) is 5.92 Å². The van der Waals surface area contributed by atoms with Gasteiger partial charge in [0.15, 0.2) is 5.13 Å². The number of nitrogens with two attached hydrogens (primary N) is 1. The molecule has 0 unspecified atom stereocenters. The van der Waals surface area contributed by atoms with Gasteiger partial charge < -0.3 is 20.7 Å². The summed E-state index contributed by atoms with van der Waals surface area (Å²) in [5.74, 6) is -0.254. The van der Waals surface area contributed by atoms with Crippen molar-refractivity contribution in [2.45, 2.75) is 69.8 Å². The number of rotatable bonds is 6. The molecule has 35 heavy (non-hydrogen) atoms. The zero-order chi connectivity index (χ0) is 25.5. The van der Waals surface area contributed by atoms with Crippen LogP contribution < -0.4 is 5.73 Å². The number of anilines is 1. The molecule has 0 fully saturated rings. The lowest BCUT2D eigenvalue weighted by Crippen LogP contribution is -2.44. The molecule has 4 rings (SSSR count). The van der Waals surface area contributed by atoms with Crippen LogP contribution in [0.5, 0.6) is 5.75 Å². The highest BCUT2D eigenvalue weighted by atomic mass is 32.2. The van der Waals surface area contributed by atoms with Gasteiger partial charge in [0.1, 0.15) is 22.0 Å². The van der Waals surface area contributed by atoms with Crippen LogP contribution in [0.2, 0.25) is 0 Å². The summed E-state index contributed by atoms with van der Waals surface area (Å²) >= 11 is 2.61. The van der Waals surface area contributed by atoms with Crippen molar-refractivity contribution in [3.63, 3.8) is 0 Å². The molecule has 6 nitrogen and oxygen atoms in total. The lowest BCUT2D eigenvalue weighted by molar-refractivity contribution is -0.164. The predicted molar refractivity (Wildman–Crippen MR) is 143 cm³/mol. The maximum atomic E-state index is 13.3. The molecule has 0 saturated heterocycles. The van der Waals surface area contributed by atoms with Gasteiger partial charge in [0, 0.05) is 11.3 Å². The van der Waals surface area contributed by atoms with Gasteiger partial charge in [-0.25, -0.2) is 9.78 Å². The van der Waals surface area contributed by atoms with E-state index in [2.05, 4.69) is 31.8 Å². The third-order valence-electron chi connectivity index (χ3n) is 6.59. The van der Waals surface area contributed by atoms with Gasteiger partial charge in [-0.05, 0) is 59.6 Å². The molecule has 0 bridgehead atoms. The lowest BCUT2D eigenvalue weighted by atomic mass is 9.80. The van der Waals surface area contributed by atoms with Gasteiger partial charge in [0.2, 0.25) is 0 Å². The molecule has 1 atom stereocenters. The molecular formula is C27H32N2O4S2. The molecule has 8 heteroatoms. The molecule has 0 amide bonds. The number of cyclic esters (lactones) is 1. The molecule has 0 radical (unpaired) electrons. The third-order valence-corrected chi connectivity index (χ3v) is 8.56. The number of phenols is 1. The number of hydrogen-bond acceptors (Lipinski definition) is 8. The summed E-state index contributed by atoms with van der Waals surface area (Å²) in [6.45, 7) is 10.4. The first-order valence-electron chi connectivity index (χ1n) is 11.7. The Morgan fingerprint density at radius 1 is 1.20 bits per heavy atom. The van der Waals surface area contributed by atoms with Crippen LogP contribution in [0.4, 0.5) is 5.13 Å². The molecule has 1 aliphatic heterocycles. The summed E-state index contributed by atoms with van der Waals surface area (Å²) in [6, 6.07) is 11.1. The normalized spacial score (nSPS) is 19.0. The molecule has 2 heterocycles. The Morgan fingerprint density at radius 2 is 1.89 bits per heavy atom. The number of carbonyl (C=O) groups excluding carboxylic acids is 1. The largest absolute Gasteiger partial charge is 0.511 e. The van der Waals surface area contributed by atoms with Gasteiger partial charge >= 0.3 is 5.97 Å². The van der Waals surface area contributed by atoms with Crippen molar-refractivity contribution in [2.75, 3.05) is 5.73 Å². The smallest absolute Gasteiger partial charge is 0.349 e. The molecule has 0 aliphatic carbocycles. The number of aliphatic hydroxyl groups is 1. The Hall–Kier alpha value is -2.71. The number of ether oxygens (including phenoxy) is 1. The summed E-state index contributed by atoms with van der Waals surface area (Å²) in [5.41, 5.74) is 7.95. The second-order valence-electron chi connectivity index (χ2n) is 10.5. The Morgan fingerprint density at radius 3 is 2.49 bits per heavy atom. The van der Waals surface area contributed by atoms with Gasteiger partial charge in [0.25, 0.3) is 0 Å². The predicted octanol–water partition coefficient (Wildman–Crippen LogP) is 6.72. The van der Waals surface area contributed by atoms with E-state index in [1.165, 1.54) is 23.1 Å². The Balaban J connectivity index is 1.65. The van der Waals surface area contributed by atoms with Crippen molar-refractivity contribution in [1.29, 1.82) is 0 Å². The number of nitrogens with zero attached hydrogens (tertiary/aromatic N) is 1. The van der Waals surface area contributed by atoms with E-state index in [-0.39, 0.29) is 34.2 Å². The highest BCUT2D eigenvalue weighted by Gasteiger charge is 2.44. The van der Waals surface area contributed by atoms with Crippen molar-refractivity contribution in [1.82, 2.24) is 4.98 Å². The maximum Gasteiger partial charge on any atom is 0.349 e. The fraction of sp³-hybridized carbons (Fsp3) is 0.407. The fourth-order valence-electron chi connectivity index (χ4n) is 4.25. The van der Waals surface area contributed by atoms with Crippen LogP contribution in [0.25, 0.3) is 10.2 Å². The number of phenolic OH excluding ortho intramolecular Hbond substituents is 1. The van der Waals surface area contributed by atoms with Crippen molar-refractivity contribution in [3.05, 3.63) is 58.2 Å². The van der Waals surface area contributed by atoms with E-state index in [1.807, 2.05) is 32.0 Å². The molecule has 0 saturated carbocycles. The van der Waals surface area contributed by atoms with Gasteiger partial charge in [-0.3, -0.25) is 0 Å². The SMILES string of the molecule is CC(C)[C@]1(CCc2ccc(O)cc2)CC(O)=C(Sc2cc(C(C)(C)C)cc3sc(N)nc23)C(=O)O1. The van der Waals surface area contributed by atoms with Gasteiger partial charge in [-0.2, -0.15) is 0 Å². The number of benzene rings is 2. The number of nitrogen functional groups attached to an aromatic ring is 1. The van der Waals surface area contributed by atoms with Gasteiger partial charge in [0.05, 0.1) is 10.2 Å². The number of thiazole rings is 1. The minimum absolute atomic E-state index is 0.00605. The number of thioether (sulfide) groups is 1. The molecule has 3 aromatic rings. The summed E-state index contributed by atoms with van der Waals surface area (Å²) in [5, 5.41) is 21.1. The number of carbonyl (C=O) groups is 1. The minimum atomic E-state index is -0.809. The quantitative estimate of drug-likeness (QED) is 0.315. The van der Waals surface area contributed by atoms with Crippen LogP contribution in [0, 0.1) is 5.92 Å². The topological polar surface area (TPSA) is 106 Å². The zero-order valence-corrected chi connectivity index (χ0v) is 22.3. The van der Waals surface area contributed by atoms with Crippen LogP contribution >= 0.6 is 23.1 Å². The van der Waals surface area contributed by atoms with Gasteiger partial charge in [-0.15, -0.1) is 0 Å². The Bertz CT molecular complexity index is 1290. The standard InChI is InChI=1S/C27H32N2O4S2/c1-15(2)27(11-10-16-6-8-18(30)9-7-16)14-19(31)23(24(32)33-27)34-20-12-17(26(3,4)5)13-21-22(20)29-25(28)35-21/h6-9,12-13,15,30-31H,10-11,14H2,1-5H3,(H2,28,29)/t27-/m0/s1. The molecule has 1 aromatic heterocycles. The van der Waals surface area contributed by atoms with Crippen LogP contribution in [-0.2, 0) is 21.4 Å². The average Bonchev–Trinajstić information content (AvgIpc) is 3.15. The first kappa shape index (κ1) is 25.4. The molecule has 1 aliphatic rings. The number of fused-ring (bicyclic) bond motifs is 1. The van der Waals surface area contributed by atoms with Gasteiger partial charge in [-0.1, -0.05) is 69.9 Å². The molecule has 186 valence electrons. The molecular weight excluding hydrogens is 480 g/mol. The maximum absolute atomic E-state index is 13.3. The van der Waals surface area contributed by atoms with E-state index in [0.29, 0.717) is 18.0 Å². The van der Waals surface area contributed by atoms with E-state index in [9.17, 15) is 15.0 Å². The molecule has 2 aromatic carbocycles. The molecule has 0 spiro atoms. The number of aromatic hydroxyl groups is 1. The summed E-state index contributed by atoms with van der Waals surface area (Å²) < 4.78 is 7.03. The highest BCUT2D eigenvalue weighted by molar-refractivity contribution is 8.04. The van der Waals surface area contributed by atoms with E-state index >= 15 is 0 Å². The number of aryl methyl sites for hydroxylation is 1. The number of hydrogen-bond donors (Lipinski definition) is 3. The number of aromatic nitrogens is 1. The second kappa shape index (κ2) is 9.39. The Kier molecular flexibility index (Phi) is 6.81. The monoisotopic (exact) mass is 512 g/mol. The van der Waals surface area contributed by atoms with Crippen LogP contribution in [-0.4, -0.2) is 26.8 Å². The van der Waals surface area contributed by atoms with Crippen molar-refractivity contribution in [3.8, 4) is 5.75 Å². The second-order valence-corrected chi connectivity index (χ2v) is 12.6. The van der Waals surface area contributed by atoms with Crippen molar-refractivity contribution >= 4 is 44.4 Å². The van der Waals surface area contributed by atoms with Crippen LogP contribution in [0.1, 0.15) is 58.6 Å². The number of esters is 1. The summed E-state index contributed by atoms with van der Waals surface area (Å²) in [6.07, 6.45) is 1.47. The van der Waals surface area contributed by atoms with E-state index in [1.54, 1.807) is 12.1 Å². The Labute approximate surface area is 214 Å². The summed E-state index contributed by atoms with van der Waals surface area (Å²) in [4.78, 5) is 18.7. The lowest BCUT2D eigenvalue weighted by Gasteiger charge is -2.40. The number of aliphatic hydroxyl groups excluding tert-OH is 1. The fourth-order valence-corrected chi connectivity index (χ4v) is 6.09. The van der Waals surface area contributed by atoms with Crippen LogP contribution in [0.3, 0.4) is 0 Å².